The highest BCUT2D eigenvalue weighted by Gasteiger charge is 2.19. The standard InChI is InChI=1S/C23H23ClN4/c1-5-19-15(3)25-23-21(17-9-7-6-8-10-17)16(4)27-28(23)22(19)26-18-12-11-14(2)20(24)13-18/h6-13,26H,5H2,1-4H3. The number of aromatic nitrogens is 3. The maximum Gasteiger partial charge on any atom is 0.165 e. The normalized spacial score (nSPS) is 11.2. The molecule has 4 rings (SSSR count). The molecule has 2 aromatic carbocycles. The van der Waals surface area contributed by atoms with Crippen LogP contribution >= 0.6 is 11.6 Å². The topological polar surface area (TPSA) is 42.2 Å². The summed E-state index contributed by atoms with van der Waals surface area (Å²) in [5.74, 6) is 0.940. The molecule has 0 fully saturated rings. The first kappa shape index (κ1) is 18.5. The summed E-state index contributed by atoms with van der Waals surface area (Å²) in [5, 5.41) is 9.12. The number of benzene rings is 2. The van der Waals surface area contributed by atoms with Crippen molar-refractivity contribution in [3.8, 4) is 11.1 Å². The van der Waals surface area contributed by atoms with Gasteiger partial charge in [0, 0.05) is 27.5 Å². The van der Waals surface area contributed by atoms with Crippen molar-refractivity contribution >= 4 is 28.8 Å². The number of nitrogens with zero attached hydrogens (tertiary/aromatic N) is 3. The summed E-state index contributed by atoms with van der Waals surface area (Å²) in [6.45, 7) is 8.23. The molecule has 0 atom stereocenters. The summed E-state index contributed by atoms with van der Waals surface area (Å²) in [4.78, 5) is 4.91. The molecule has 28 heavy (non-hydrogen) atoms. The van der Waals surface area contributed by atoms with Crippen molar-refractivity contribution in [3.63, 3.8) is 0 Å². The molecule has 0 aliphatic heterocycles. The molecule has 0 unspecified atom stereocenters. The third-order valence-electron chi connectivity index (χ3n) is 5.09. The SMILES string of the molecule is CCc1c(C)nc2c(-c3ccccc3)c(C)nn2c1Nc1ccc(C)c(Cl)c1. The Balaban J connectivity index is 1.95. The van der Waals surface area contributed by atoms with Crippen LogP contribution < -0.4 is 5.32 Å². The zero-order chi connectivity index (χ0) is 19.8. The Bertz CT molecular complexity index is 1160. The van der Waals surface area contributed by atoms with Gasteiger partial charge in [0.15, 0.2) is 5.65 Å². The van der Waals surface area contributed by atoms with Crippen LogP contribution in [-0.2, 0) is 6.42 Å². The van der Waals surface area contributed by atoms with Crippen molar-refractivity contribution in [1.82, 2.24) is 14.6 Å². The van der Waals surface area contributed by atoms with E-state index in [1.54, 1.807) is 0 Å². The molecular formula is C23H23ClN4. The molecule has 0 aliphatic carbocycles. The summed E-state index contributed by atoms with van der Waals surface area (Å²) in [6, 6.07) is 16.3. The van der Waals surface area contributed by atoms with Crippen LogP contribution in [0.2, 0.25) is 5.02 Å². The van der Waals surface area contributed by atoms with Gasteiger partial charge < -0.3 is 5.32 Å². The van der Waals surface area contributed by atoms with Crippen LogP contribution in [0.15, 0.2) is 48.5 Å². The Morgan fingerprint density at radius 2 is 1.75 bits per heavy atom. The summed E-state index contributed by atoms with van der Waals surface area (Å²) in [6.07, 6.45) is 0.857. The van der Waals surface area contributed by atoms with Gasteiger partial charge >= 0.3 is 0 Å². The van der Waals surface area contributed by atoms with E-state index in [9.17, 15) is 0 Å². The van der Waals surface area contributed by atoms with Crippen molar-refractivity contribution in [2.24, 2.45) is 0 Å². The second-order valence-corrected chi connectivity index (χ2v) is 7.44. The largest absolute Gasteiger partial charge is 0.340 e. The lowest BCUT2D eigenvalue weighted by molar-refractivity contribution is 0.890. The molecule has 0 radical (unpaired) electrons. The van der Waals surface area contributed by atoms with Gasteiger partial charge in [-0.05, 0) is 50.5 Å². The van der Waals surface area contributed by atoms with E-state index in [1.165, 1.54) is 0 Å². The van der Waals surface area contributed by atoms with Gasteiger partial charge in [0.1, 0.15) is 5.82 Å². The molecule has 2 aromatic heterocycles. The summed E-state index contributed by atoms with van der Waals surface area (Å²) in [7, 11) is 0. The second kappa shape index (κ2) is 7.28. The molecule has 0 saturated carbocycles. The van der Waals surface area contributed by atoms with Crippen LogP contribution in [0.5, 0.6) is 0 Å². The molecule has 0 aliphatic rings. The fourth-order valence-electron chi connectivity index (χ4n) is 3.60. The minimum absolute atomic E-state index is 0.742. The van der Waals surface area contributed by atoms with E-state index in [-0.39, 0.29) is 0 Å². The van der Waals surface area contributed by atoms with E-state index in [2.05, 4.69) is 31.3 Å². The van der Waals surface area contributed by atoms with Gasteiger partial charge in [0.05, 0.1) is 5.69 Å². The van der Waals surface area contributed by atoms with Crippen molar-refractivity contribution < 1.29 is 0 Å². The minimum atomic E-state index is 0.742. The molecule has 4 aromatic rings. The molecule has 0 amide bonds. The number of aryl methyl sites for hydroxylation is 3. The summed E-state index contributed by atoms with van der Waals surface area (Å²) >= 11 is 6.34. The third kappa shape index (κ3) is 3.14. The first-order valence-corrected chi connectivity index (χ1v) is 9.84. The highest BCUT2D eigenvalue weighted by atomic mass is 35.5. The van der Waals surface area contributed by atoms with Gasteiger partial charge in [-0.1, -0.05) is 54.9 Å². The van der Waals surface area contributed by atoms with Gasteiger partial charge in [-0.3, -0.25) is 0 Å². The average molecular weight is 391 g/mol. The fraction of sp³-hybridized carbons (Fsp3) is 0.217. The van der Waals surface area contributed by atoms with Gasteiger partial charge in [0.25, 0.3) is 0 Å². The predicted octanol–water partition coefficient (Wildman–Crippen LogP) is 6.28. The highest BCUT2D eigenvalue weighted by molar-refractivity contribution is 6.31. The number of halogens is 1. The predicted molar refractivity (Wildman–Crippen MR) is 117 cm³/mol. The van der Waals surface area contributed by atoms with Gasteiger partial charge in [-0.25, -0.2) is 4.98 Å². The second-order valence-electron chi connectivity index (χ2n) is 7.03. The summed E-state index contributed by atoms with van der Waals surface area (Å²) < 4.78 is 1.93. The third-order valence-corrected chi connectivity index (χ3v) is 5.50. The molecule has 142 valence electrons. The van der Waals surface area contributed by atoms with Crippen molar-refractivity contribution in [2.45, 2.75) is 34.1 Å². The van der Waals surface area contributed by atoms with E-state index in [1.807, 2.05) is 54.8 Å². The van der Waals surface area contributed by atoms with Gasteiger partial charge in [0.2, 0.25) is 0 Å². The molecule has 0 bridgehead atoms. The molecule has 5 heteroatoms. The van der Waals surface area contributed by atoms with Crippen molar-refractivity contribution in [1.29, 1.82) is 0 Å². The first-order valence-electron chi connectivity index (χ1n) is 9.47. The van der Waals surface area contributed by atoms with E-state index in [4.69, 9.17) is 21.7 Å². The van der Waals surface area contributed by atoms with E-state index in [0.29, 0.717) is 0 Å². The number of anilines is 2. The van der Waals surface area contributed by atoms with Crippen molar-refractivity contribution in [2.75, 3.05) is 5.32 Å². The molecule has 4 nitrogen and oxygen atoms in total. The van der Waals surface area contributed by atoms with E-state index < -0.39 is 0 Å². The van der Waals surface area contributed by atoms with E-state index >= 15 is 0 Å². The molecule has 0 spiro atoms. The van der Waals surface area contributed by atoms with Crippen molar-refractivity contribution in [3.05, 3.63) is 76.1 Å². The quantitative estimate of drug-likeness (QED) is 0.445. The highest BCUT2D eigenvalue weighted by Crippen LogP contribution is 2.33. The Kier molecular flexibility index (Phi) is 4.82. The Hall–Kier alpha value is -2.85. The zero-order valence-corrected chi connectivity index (χ0v) is 17.3. The van der Waals surface area contributed by atoms with Crippen LogP contribution in [0.25, 0.3) is 16.8 Å². The molecule has 1 N–H and O–H groups in total. The lowest BCUT2D eigenvalue weighted by Crippen LogP contribution is -2.08. The van der Waals surface area contributed by atoms with Crippen LogP contribution in [0.1, 0.15) is 29.4 Å². The number of hydrogen-bond donors (Lipinski definition) is 1. The van der Waals surface area contributed by atoms with Crippen LogP contribution in [0, 0.1) is 20.8 Å². The Morgan fingerprint density at radius 1 is 1.00 bits per heavy atom. The number of rotatable bonds is 4. The van der Waals surface area contributed by atoms with Crippen LogP contribution in [0.3, 0.4) is 0 Å². The van der Waals surface area contributed by atoms with Gasteiger partial charge in [-0.15, -0.1) is 0 Å². The van der Waals surface area contributed by atoms with Gasteiger partial charge in [-0.2, -0.15) is 9.61 Å². The van der Waals surface area contributed by atoms with Crippen LogP contribution in [-0.4, -0.2) is 14.6 Å². The number of nitrogens with one attached hydrogen (secondary N) is 1. The number of fused-ring (bicyclic) bond motifs is 1. The monoisotopic (exact) mass is 390 g/mol. The fourth-order valence-corrected chi connectivity index (χ4v) is 3.78. The molecule has 0 saturated heterocycles. The maximum atomic E-state index is 6.34. The molecular weight excluding hydrogens is 368 g/mol. The minimum Gasteiger partial charge on any atom is -0.340 e. The first-order chi connectivity index (χ1) is 13.5. The van der Waals surface area contributed by atoms with Crippen LogP contribution in [0.4, 0.5) is 11.5 Å². The average Bonchev–Trinajstić information content (AvgIpc) is 3.01. The molecule has 2 heterocycles. The Labute approximate surface area is 170 Å². The lowest BCUT2D eigenvalue weighted by Gasteiger charge is -2.15. The number of hydrogen-bond acceptors (Lipinski definition) is 3. The zero-order valence-electron chi connectivity index (χ0n) is 16.5. The lowest BCUT2D eigenvalue weighted by atomic mass is 10.1. The summed E-state index contributed by atoms with van der Waals surface area (Å²) in [5.41, 5.74) is 8.15. The maximum absolute atomic E-state index is 6.34. The van der Waals surface area contributed by atoms with E-state index in [0.717, 1.165) is 62.2 Å². The Morgan fingerprint density at radius 3 is 2.43 bits per heavy atom. The smallest absolute Gasteiger partial charge is 0.165 e.